The molecule has 2 aliphatic rings. The van der Waals surface area contributed by atoms with Gasteiger partial charge in [-0.1, -0.05) is 6.07 Å². The second-order valence-electron chi connectivity index (χ2n) is 6.02. The van der Waals surface area contributed by atoms with Crippen molar-refractivity contribution in [1.29, 1.82) is 0 Å². The summed E-state index contributed by atoms with van der Waals surface area (Å²) in [5, 5.41) is 2.72. The molecule has 2 aliphatic heterocycles. The molecule has 134 valence electrons. The number of carbonyl (C=O) groups is 3. The summed E-state index contributed by atoms with van der Waals surface area (Å²) < 4.78 is 10.4. The van der Waals surface area contributed by atoms with Crippen LogP contribution in [-0.2, 0) is 16.1 Å². The van der Waals surface area contributed by atoms with E-state index in [1.165, 1.54) is 7.11 Å². The molecule has 0 radical (unpaired) electrons. The van der Waals surface area contributed by atoms with Crippen LogP contribution in [0, 0.1) is 0 Å². The van der Waals surface area contributed by atoms with Crippen LogP contribution in [0.1, 0.15) is 18.4 Å². The number of rotatable bonds is 6. The number of nitrogens with zero attached hydrogens (tertiary/aromatic N) is 2. The minimum absolute atomic E-state index is 0.252. The minimum Gasteiger partial charge on any atom is -0.493 e. The third-order valence-electron chi connectivity index (χ3n) is 4.52. The van der Waals surface area contributed by atoms with E-state index in [4.69, 9.17) is 9.47 Å². The minimum atomic E-state index is -0.383. The van der Waals surface area contributed by atoms with Crippen molar-refractivity contribution in [2.24, 2.45) is 0 Å². The van der Waals surface area contributed by atoms with Crippen LogP contribution in [0.2, 0.25) is 0 Å². The summed E-state index contributed by atoms with van der Waals surface area (Å²) in [4.78, 5) is 39.1. The van der Waals surface area contributed by atoms with E-state index in [1.807, 2.05) is 6.07 Å². The van der Waals surface area contributed by atoms with Gasteiger partial charge in [-0.3, -0.25) is 14.5 Å². The highest BCUT2D eigenvalue weighted by Gasteiger charge is 2.47. The molecule has 2 saturated heterocycles. The van der Waals surface area contributed by atoms with Crippen LogP contribution >= 0.6 is 0 Å². The summed E-state index contributed by atoms with van der Waals surface area (Å²) in [6.45, 7) is 0.597. The maximum absolute atomic E-state index is 12.2. The molecular weight excluding hydrogens is 326 g/mol. The first-order chi connectivity index (χ1) is 12.0. The van der Waals surface area contributed by atoms with Gasteiger partial charge in [0.25, 0.3) is 5.91 Å². The number of fused-ring (bicyclic) bond motifs is 1. The van der Waals surface area contributed by atoms with Crippen molar-refractivity contribution < 1.29 is 23.9 Å². The van der Waals surface area contributed by atoms with Crippen LogP contribution in [0.4, 0.5) is 4.79 Å². The lowest BCUT2D eigenvalue weighted by Crippen LogP contribution is -2.41. The van der Waals surface area contributed by atoms with Crippen LogP contribution in [-0.4, -0.2) is 61.0 Å². The summed E-state index contributed by atoms with van der Waals surface area (Å²) in [6, 6.07) is 4.58. The van der Waals surface area contributed by atoms with Gasteiger partial charge in [-0.25, -0.2) is 4.79 Å². The Bertz CT molecular complexity index is 684. The fourth-order valence-electron chi connectivity index (χ4n) is 3.22. The van der Waals surface area contributed by atoms with E-state index >= 15 is 0 Å². The molecule has 8 nitrogen and oxygen atoms in total. The summed E-state index contributed by atoms with van der Waals surface area (Å²) in [5.41, 5.74) is 0.825. The monoisotopic (exact) mass is 347 g/mol. The van der Waals surface area contributed by atoms with Crippen LogP contribution in [0.5, 0.6) is 11.5 Å². The number of imide groups is 1. The predicted molar refractivity (Wildman–Crippen MR) is 88.2 cm³/mol. The Kier molecular flexibility index (Phi) is 4.78. The molecule has 0 saturated carbocycles. The van der Waals surface area contributed by atoms with Gasteiger partial charge < -0.3 is 19.7 Å². The van der Waals surface area contributed by atoms with Crippen molar-refractivity contribution in [2.75, 3.05) is 27.3 Å². The maximum Gasteiger partial charge on any atom is 0.327 e. The fourth-order valence-corrected chi connectivity index (χ4v) is 3.22. The van der Waals surface area contributed by atoms with E-state index < -0.39 is 0 Å². The molecule has 1 atom stereocenters. The first-order valence-electron chi connectivity index (χ1n) is 8.14. The number of hydrogen-bond donors (Lipinski definition) is 1. The maximum atomic E-state index is 12.2. The van der Waals surface area contributed by atoms with Crippen LogP contribution < -0.4 is 14.8 Å². The van der Waals surface area contributed by atoms with Crippen molar-refractivity contribution in [3.8, 4) is 11.5 Å². The molecule has 2 fully saturated rings. The molecule has 4 amide bonds. The lowest BCUT2D eigenvalue weighted by atomic mass is 10.2. The molecule has 0 spiro atoms. The van der Waals surface area contributed by atoms with Gasteiger partial charge >= 0.3 is 6.03 Å². The average Bonchev–Trinajstić information content (AvgIpc) is 3.19. The topological polar surface area (TPSA) is 88.2 Å². The number of benzene rings is 1. The number of amides is 4. The first kappa shape index (κ1) is 17.1. The van der Waals surface area contributed by atoms with Gasteiger partial charge in [-0.2, -0.15) is 0 Å². The molecule has 1 aromatic rings. The molecule has 2 heterocycles. The fraction of sp³-hybridized carbons (Fsp3) is 0.471. The molecule has 1 N–H and O–H groups in total. The summed E-state index contributed by atoms with van der Waals surface area (Å²) >= 11 is 0. The molecule has 0 bridgehead atoms. The van der Waals surface area contributed by atoms with Gasteiger partial charge in [-0.15, -0.1) is 0 Å². The van der Waals surface area contributed by atoms with E-state index in [1.54, 1.807) is 24.1 Å². The second-order valence-corrected chi connectivity index (χ2v) is 6.02. The number of hydrogen-bond acceptors (Lipinski definition) is 5. The molecule has 25 heavy (non-hydrogen) atoms. The Hall–Kier alpha value is -2.77. The van der Waals surface area contributed by atoms with Gasteiger partial charge in [0.05, 0.1) is 14.2 Å². The molecule has 8 heteroatoms. The molecule has 1 unspecified atom stereocenters. The zero-order valence-electron chi connectivity index (χ0n) is 14.3. The van der Waals surface area contributed by atoms with Gasteiger partial charge in [0, 0.05) is 13.1 Å². The number of ether oxygens (including phenoxy) is 2. The largest absolute Gasteiger partial charge is 0.493 e. The van der Waals surface area contributed by atoms with Gasteiger partial charge in [-0.05, 0) is 30.5 Å². The van der Waals surface area contributed by atoms with E-state index in [9.17, 15) is 14.4 Å². The van der Waals surface area contributed by atoms with Crippen molar-refractivity contribution >= 4 is 17.8 Å². The summed E-state index contributed by atoms with van der Waals surface area (Å²) in [7, 11) is 3.09. The highest BCUT2D eigenvalue weighted by Crippen LogP contribution is 2.28. The van der Waals surface area contributed by atoms with Gasteiger partial charge in [0.15, 0.2) is 11.5 Å². The Labute approximate surface area is 145 Å². The van der Waals surface area contributed by atoms with E-state index in [2.05, 4.69) is 5.32 Å². The second kappa shape index (κ2) is 7.00. The van der Waals surface area contributed by atoms with Crippen LogP contribution in [0.3, 0.4) is 0 Å². The molecular formula is C17H21N3O5. The number of urea groups is 1. The Morgan fingerprint density at radius 2 is 2.00 bits per heavy atom. The normalized spacial score (nSPS) is 19.2. The quantitative estimate of drug-likeness (QED) is 0.767. The van der Waals surface area contributed by atoms with E-state index in [0.717, 1.165) is 16.9 Å². The van der Waals surface area contributed by atoms with Crippen molar-refractivity contribution in [2.45, 2.75) is 25.4 Å². The predicted octanol–water partition coefficient (Wildman–Crippen LogP) is 0.747. The Balaban J connectivity index is 1.57. The number of carbonyl (C=O) groups excluding carboxylic acids is 3. The zero-order chi connectivity index (χ0) is 18.0. The third kappa shape index (κ3) is 3.24. The summed E-state index contributed by atoms with van der Waals surface area (Å²) in [5.74, 6) is 0.521. The van der Waals surface area contributed by atoms with E-state index in [-0.39, 0.29) is 37.0 Å². The van der Waals surface area contributed by atoms with Crippen molar-refractivity contribution in [3.63, 3.8) is 0 Å². The molecule has 0 aliphatic carbocycles. The average molecular weight is 347 g/mol. The van der Waals surface area contributed by atoms with Gasteiger partial charge in [0.1, 0.15) is 12.6 Å². The van der Waals surface area contributed by atoms with Crippen molar-refractivity contribution in [3.05, 3.63) is 23.8 Å². The Morgan fingerprint density at radius 1 is 1.24 bits per heavy atom. The number of nitrogens with one attached hydrogen (secondary N) is 1. The summed E-state index contributed by atoms with van der Waals surface area (Å²) in [6.07, 6.45) is 1.51. The third-order valence-corrected chi connectivity index (χ3v) is 4.52. The van der Waals surface area contributed by atoms with Gasteiger partial charge in [0.2, 0.25) is 5.91 Å². The Morgan fingerprint density at radius 3 is 2.68 bits per heavy atom. The zero-order valence-corrected chi connectivity index (χ0v) is 14.3. The van der Waals surface area contributed by atoms with Crippen LogP contribution in [0.25, 0.3) is 0 Å². The highest BCUT2D eigenvalue weighted by molar-refractivity contribution is 6.06. The molecule has 3 rings (SSSR count). The lowest BCUT2D eigenvalue weighted by Gasteiger charge is -2.15. The smallest absolute Gasteiger partial charge is 0.327 e. The number of methoxy groups -OCH3 is 2. The SMILES string of the molecule is COc1ccc(CNC(=O)CN2C(=O)C3CCCN3C2=O)cc1OC. The van der Waals surface area contributed by atoms with Crippen molar-refractivity contribution in [1.82, 2.24) is 15.1 Å². The lowest BCUT2D eigenvalue weighted by molar-refractivity contribution is -0.132. The molecule has 0 aromatic heterocycles. The standard InChI is InChI=1S/C17H21N3O5/c1-24-13-6-5-11(8-14(13)25-2)9-18-15(21)10-20-16(22)12-4-3-7-19(12)17(20)23/h5-6,8,12H,3-4,7,9-10H2,1-2H3,(H,18,21). The molecule has 1 aromatic carbocycles. The van der Waals surface area contributed by atoms with Crippen LogP contribution in [0.15, 0.2) is 18.2 Å². The van der Waals surface area contributed by atoms with E-state index in [0.29, 0.717) is 24.5 Å². The first-order valence-corrected chi connectivity index (χ1v) is 8.14. The highest BCUT2D eigenvalue weighted by atomic mass is 16.5.